The maximum Gasteiger partial charge on any atom is 0.267 e. The number of nitrogens with zero attached hydrogens (tertiary/aromatic N) is 3. The number of aromatic nitrogens is 3. The number of hydrogen-bond acceptors (Lipinski definition) is 5. The molecule has 0 atom stereocenters. The number of anilines is 1. The summed E-state index contributed by atoms with van der Waals surface area (Å²) in [7, 11) is -3.77. The number of aryl methyl sites for hydroxylation is 4. The largest absolute Gasteiger partial charge is 0.360 e. The molecule has 0 bridgehead atoms. The van der Waals surface area contributed by atoms with Gasteiger partial charge in [0, 0.05) is 17.8 Å². The summed E-state index contributed by atoms with van der Waals surface area (Å²) < 4.78 is 35.3. The lowest BCUT2D eigenvalue weighted by atomic mass is 10.1. The van der Waals surface area contributed by atoms with Crippen LogP contribution in [-0.4, -0.2) is 23.1 Å². The van der Waals surface area contributed by atoms with E-state index < -0.39 is 10.0 Å². The summed E-state index contributed by atoms with van der Waals surface area (Å²) in [4.78, 5) is 4.95. The third-order valence-corrected chi connectivity index (χ3v) is 7.35. The lowest BCUT2D eigenvalue weighted by Crippen LogP contribution is -2.14. The molecule has 34 heavy (non-hydrogen) atoms. The van der Waals surface area contributed by atoms with Crippen molar-refractivity contribution in [1.82, 2.24) is 14.7 Å². The molecule has 5 rings (SSSR count). The third kappa shape index (κ3) is 4.20. The van der Waals surface area contributed by atoms with Crippen molar-refractivity contribution in [2.24, 2.45) is 0 Å². The fourth-order valence-electron chi connectivity index (χ4n) is 4.17. The molecule has 2 heterocycles. The number of imidazole rings is 1. The fourth-order valence-corrected chi connectivity index (χ4v) is 5.56. The zero-order valence-electron chi connectivity index (χ0n) is 18.9. The van der Waals surface area contributed by atoms with Gasteiger partial charge in [0.15, 0.2) is 10.7 Å². The quantitative estimate of drug-likeness (QED) is 0.351. The zero-order chi connectivity index (χ0) is 23.7. The molecule has 0 amide bonds. The highest BCUT2D eigenvalue weighted by atomic mass is 32.2. The Balaban J connectivity index is 1.35. The molecule has 0 aliphatic carbocycles. The van der Waals surface area contributed by atoms with Gasteiger partial charge in [-0.05, 0) is 62.2 Å². The first-order valence-electron chi connectivity index (χ1n) is 11.0. The van der Waals surface area contributed by atoms with Gasteiger partial charge in [-0.1, -0.05) is 47.6 Å². The number of hydrogen-bond donors (Lipinski definition) is 1. The Morgan fingerprint density at radius 1 is 0.882 bits per heavy atom. The van der Waals surface area contributed by atoms with Gasteiger partial charge in [0.2, 0.25) is 0 Å². The van der Waals surface area contributed by atoms with Crippen LogP contribution in [0, 0.1) is 13.8 Å². The van der Waals surface area contributed by atoms with Crippen LogP contribution in [0.25, 0.3) is 16.7 Å². The summed E-state index contributed by atoms with van der Waals surface area (Å²) in [6, 6.07) is 25.7. The van der Waals surface area contributed by atoms with Gasteiger partial charge >= 0.3 is 0 Å². The highest BCUT2D eigenvalue weighted by Crippen LogP contribution is 2.24. The van der Waals surface area contributed by atoms with E-state index in [1.54, 1.807) is 26.0 Å². The Hall–Kier alpha value is -3.91. The molecule has 172 valence electrons. The van der Waals surface area contributed by atoms with Crippen LogP contribution in [0.3, 0.4) is 0 Å². The molecule has 0 saturated carbocycles. The normalized spacial score (nSPS) is 11.7. The first-order valence-corrected chi connectivity index (χ1v) is 12.5. The van der Waals surface area contributed by atoms with Crippen LogP contribution in [0.2, 0.25) is 0 Å². The summed E-state index contributed by atoms with van der Waals surface area (Å²) in [5.74, 6) is 1.25. The number of sulfonamides is 1. The van der Waals surface area contributed by atoms with Crippen LogP contribution in [-0.2, 0) is 22.9 Å². The molecule has 3 aromatic carbocycles. The molecule has 2 aromatic heterocycles. The number of para-hydroxylation sites is 3. The van der Waals surface area contributed by atoms with Crippen molar-refractivity contribution >= 4 is 26.7 Å². The van der Waals surface area contributed by atoms with E-state index in [-0.39, 0.29) is 10.7 Å². The van der Waals surface area contributed by atoms with Gasteiger partial charge in [0.25, 0.3) is 10.0 Å². The van der Waals surface area contributed by atoms with E-state index in [0.717, 1.165) is 41.0 Å². The number of nitrogens with one attached hydrogen (secondary N) is 1. The van der Waals surface area contributed by atoms with Crippen molar-refractivity contribution in [2.75, 3.05) is 4.72 Å². The van der Waals surface area contributed by atoms with Crippen LogP contribution in [0.4, 0.5) is 5.69 Å². The van der Waals surface area contributed by atoms with Gasteiger partial charge in [-0.15, -0.1) is 0 Å². The lowest BCUT2D eigenvalue weighted by Gasteiger charge is -2.10. The molecule has 0 unspecified atom stereocenters. The van der Waals surface area contributed by atoms with Gasteiger partial charge in [-0.25, -0.2) is 13.4 Å². The lowest BCUT2D eigenvalue weighted by molar-refractivity contribution is 0.390. The average molecular weight is 473 g/mol. The van der Waals surface area contributed by atoms with E-state index in [1.807, 2.05) is 48.5 Å². The topological polar surface area (TPSA) is 90.0 Å². The van der Waals surface area contributed by atoms with E-state index in [0.29, 0.717) is 11.4 Å². The van der Waals surface area contributed by atoms with Crippen molar-refractivity contribution in [1.29, 1.82) is 0 Å². The molecule has 7 nitrogen and oxygen atoms in total. The zero-order valence-corrected chi connectivity index (χ0v) is 19.7. The van der Waals surface area contributed by atoms with Crippen molar-refractivity contribution < 1.29 is 12.9 Å². The molecule has 1 N–H and O–H groups in total. The highest BCUT2D eigenvalue weighted by molar-refractivity contribution is 7.92. The van der Waals surface area contributed by atoms with E-state index in [1.165, 1.54) is 0 Å². The minimum atomic E-state index is -3.77. The van der Waals surface area contributed by atoms with E-state index in [2.05, 4.69) is 32.6 Å². The highest BCUT2D eigenvalue weighted by Gasteiger charge is 2.24. The molecular weight excluding hydrogens is 448 g/mol. The molecule has 0 saturated heterocycles. The van der Waals surface area contributed by atoms with Crippen LogP contribution < -0.4 is 4.72 Å². The van der Waals surface area contributed by atoms with Gasteiger partial charge in [0.1, 0.15) is 11.5 Å². The summed E-state index contributed by atoms with van der Waals surface area (Å²) in [5.41, 5.74) is 5.03. The Kier molecular flexibility index (Phi) is 5.67. The predicted octanol–water partition coefficient (Wildman–Crippen LogP) is 5.22. The summed E-state index contributed by atoms with van der Waals surface area (Å²) in [6.07, 6.45) is 1.51. The number of benzene rings is 3. The molecule has 0 fully saturated rings. The van der Waals surface area contributed by atoms with Crippen molar-refractivity contribution in [3.63, 3.8) is 0 Å². The van der Waals surface area contributed by atoms with Crippen molar-refractivity contribution in [3.8, 4) is 5.69 Å². The van der Waals surface area contributed by atoms with E-state index >= 15 is 0 Å². The third-order valence-electron chi connectivity index (χ3n) is 5.72. The predicted molar refractivity (Wildman–Crippen MR) is 132 cm³/mol. The first kappa shape index (κ1) is 21.9. The second kappa shape index (κ2) is 8.79. The van der Waals surface area contributed by atoms with Gasteiger partial charge in [-0.3, -0.25) is 9.29 Å². The van der Waals surface area contributed by atoms with Crippen LogP contribution in [0.5, 0.6) is 0 Å². The monoisotopic (exact) mass is 472 g/mol. The van der Waals surface area contributed by atoms with Crippen molar-refractivity contribution in [3.05, 3.63) is 102 Å². The van der Waals surface area contributed by atoms with E-state index in [4.69, 9.17) is 9.51 Å². The minimum Gasteiger partial charge on any atom is -0.360 e. The molecule has 0 radical (unpaired) electrons. The van der Waals surface area contributed by atoms with Crippen LogP contribution >= 0.6 is 0 Å². The van der Waals surface area contributed by atoms with Gasteiger partial charge in [-0.2, -0.15) is 0 Å². The Morgan fingerprint density at radius 2 is 1.59 bits per heavy atom. The minimum absolute atomic E-state index is 0.0800. The van der Waals surface area contributed by atoms with Gasteiger partial charge < -0.3 is 4.52 Å². The molecular formula is C26H24N4O3S. The number of rotatable bonds is 7. The van der Waals surface area contributed by atoms with Gasteiger partial charge in [0.05, 0.1) is 11.0 Å². The fraction of sp³-hybridized carbons (Fsp3) is 0.154. The molecule has 0 aliphatic heterocycles. The standard InChI is InChI=1S/C26H24N4O3S/c1-18-26(19(2)33-28-18)34(31,32)29-21-15-12-20(13-16-21)14-17-25-27-23-10-6-7-11-24(23)30(25)22-8-4-3-5-9-22/h3-13,15-16,29H,14,17H2,1-2H3. The Morgan fingerprint density at radius 3 is 2.29 bits per heavy atom. The molecule has 8 heteroatoms. The van der Waals surface area contributed by atoms with Crippen molar-refractivity contribution in [2.45, 2.75) is 31.6 Å². The molecule has 0 spiro atoms. The first-order chi connectivity index (χ1) is 16.4. The average Bonchev–Trinajstić information content (AvgIpc) is 3.38. The molecule has 5 aromatic rings. The summed E-state index contributed by atoms with van der Waals surface area (Å²) in [5, 5.41) is 3.73. The maximum atomic E-state index is 12.7. The van der Waals surface area contributed by atoms with Crippen LogP contribution in [0.1, 0.15) is 22.8 Å². The summed E-state index contributed by atoms with van der Waals surface area (Å²) in [6.45, 7) is 3.19. The smallest absolute Gasteiger partial charge is 0.267 e. The Labute approximate surface area is 198 Å². The SMILES string of the molecule is Cc1noc(C)c1S(=O)(=O)Nc1ccc(CCc2nc3ccccc3n2-c2ccccc2)cc1. The molecule has 0 aliphatic rings. The van der Waals surface area contributed by atoms with Crippen LogP contribution in [0.15, 0.2) is 88.3 Å². The maximum absolute atomic E-state index is 12.7. The second-order valence-electron chi connectivity index (χ2n) is 8.14. The number of fused-ring (bicyclic) bond motifs is 1. The second-order valence-corrected chi connectivity index (χ2v) is 9.76. The van der Waals surface area contributed by atoms with E-state index in [9.17, 15) is 8.42 Å². The Bertz CT molecular complexity index is 1530. The summed E-state index contributed by atoms with van der Waals surface area (Å²) >= 11 is 0.